The fraction of sp³-hybridized carbons (Fsp3) is 0.643. The van der Waals surface area contributed by atoms with Crippen molar-refractivity contribution in [3.8, 4) is 0 Å². The molecular formula is C14H20O6. The van der Waals surface area contributed by atoms with E-state index >= 15 is 0 Å². The normalized spacial score (nSPS) is 25.3. The minimum atomic E-state index is -1.77. The Bertz CT molecular complexity index is 404. The number of carbonyl (C=O) groups is 3. The van der Waals surface area contributed by atoms with Gasteiger partial charge in [-0.15, -0.1) is 0 Å². The van der Waals surface area contributed by atoms with Crippen molar-refractivity contribution in [2.24, 2.45) is 11.8 Å². The summed E-state index contributed by atoms with van der Waals surface area (Å²) < 4.78 is 4.96. The van der Waals surface area contributed by atoms with Gasteiger partial charge >= 0.3 is 11.9 Å². The van der Waals surface area contributed by atoms with Crippen LogP contribution in [0.2, 0.25) is 0 Å². The molecule has 1 aliphatic carbocycles. The summed E-state index contributed by atoms with van der Waals surface area (Å²) in [6.07, 6.45) is 2.76. The maximum atomic E-state index is 11.8. The molecule has 0 aromatic carbocycles. The molecule has 1 fully saturated rings. The molecule has 0 spiro atoms. The molecule has 20 heavy (non-hydrogen) atoms. The Balaban J connectivity index is 2.43. The highest BCUT2D eigenvalue weighted by Crippen LogP contribution is 2.29. The Labute approximate surface area is 117 Å². The maximum absolute atomic E-state index is 11.8. The third kappa shape index (κ3) is 4.16. The number of aliphatic carboxylic acids is 1. The van der Waals surface area contributed by atoms with Crippen molar-refractivity contribution in [3.63, 3.8) is 0 Å². The number of aliphatic hydroxyl groups is 1. The van der Waals surface area contributed by atoms with Crippen LogP contribution < -0.4 is 0 Å². The fourth-order valence-electron chi connectivity index (χ4n) is 2.20. The first-order valence-corrected chi connectivity index (χ1v) is 6.56. The van der Waals surface area contributed by atoms with Gasteiger partial charge in [0.1, 0.15) is 6.61 Å². The van der Waals surface area contributed by atoms with E-state index in [4.69, 9.17) is 9.84 Å². The Kier molecular flexibility index (Phi) is 5.44. The first-order chi connectivity index (χ1) is 9.27. The molecule has 1 atom stereocenters. The average molecular weight is 284 g/mol. The van der Waals surface area contributed by atoms with Crippen molar-refractivity contribution in [2.45, 2.75) is 38.2 Å². The highest BCUT2D eigenvalue weighted by Gasteiger charge is 2.34. The van der Waals surface area contributed by atoms with E-state index in [1.165, 1.54) is 6.92 Å². The van der Waals surface area contributed by atoms with Crippen LogP contribution in [0.3, 0.4) is 0 Å². The van der Waals surface area contributed by atoms with Gasteiger partial charge in [-0.1, -0.05) is 6.58 Å². The topological polar surface area (TPSA) is 101 Å². The van der Waals surface area contributed by atoms with Crippen LogP contribution in [-0.4, -0.2) is 40.1 Å². The number of hydrogen-bond donors (Lipinski definition) is 2. The van der Waals surface area contributed by atoms with E-state index in [1.807, 2.05) is 0 Å². The maximum Gasteiger partial charge on any atom is 0.309 e. The molecule has 1 rings (SSSR count). The van der Waals surface area contributed by atoms with Crippen molar-refractivity contribution >= 4 is 17.7 Å². The molecule has 6 nitrogen and oxygen atoms in total. The summed E-state index contributed by atoms with van der Waals surface area (Å²) in [5, 5.41) is 18.6. The van der Waals surface area contributed by atoms with Crippen LogP contribution >= 0.6 is 0 Å². The van der Waals surface area contributed by atoms with Crippen LogP contribution in [0.5, 0.6) is 0 Å². The molecular weight excluding hydrogens is 264 g/mol. The largest absolute Gasteiger partial charge is 0.481 e. The molecule has 1 saturated carbocycles. The average Bonchev–Trinajstić information content (AvgIpc) is 2.43. The SMILES string of the molecule is C=CC(=O)C(C)(O)COC(=O)C1CCC(C(=O)O)CC1. The molecule has 0 saturated heterocycles. The molecule has 112 valence electrons. The molecule has 1 aliphatic rings. The van der Waals surface area contributed by atoms with Crippen LogP contribution in [0.15, 0.2) is 12.7 Å². The Morgan fingerprint density at radius 3 is 2.20 bits per heavy atom. The molecule has 0 bridgehead atoms. The van der Waals surface area contributed by atoms with Gasteiger partial charge in [-0.05, 0) is 38.7 Å². The smallest absolute Gasteiger partial charge is 0.309 e. The first-order valence-electron chi connectivity index (χ1n) is 6.56. The molecule has 0 heterocycles. The lowest BCUT2D eigenvalue weighted by atomic mass is 9.82. The zero-order chi connectivity index (χ0) is 15.3. The number of carboxylic acid groups (broad SMARTS) is 1. The van der Waals surface area contributed by atoms with E-state index in [1.54, 1.807) is 0 Å². The predicted octanol–water partition coefficient (Wildman–Crippen LogP) is 0.927. The summed E-state index contributed by atoms with van der Waals surface area (Å²) in [6.45, 7) is 4.10. The summed E-state index contributed by atoms with van der Waals surface area (Å²) in [7, 11) is 0. The lowest BCUT2D eigenvalue weighted by molar-refractivity contribution is -0.160. The highest BCUT2D eigenvalue weighted by atomic mass is 16.5. The van der Waals surface area contributed by atoms with Crippen LogP contribution in [0.4, 0.5) is 0 Å². The van der Waals surface area contributed by atoms with Gasteiger partial charge in [-0.3, -0.25) is 14.4 Å². The van der Waals surface area contributed by atoms with Gasteiger partial charge in [0.15, 0.2) is 11.4 Å². The van der Waals surface area contributed by atoms with Gasteiger partial charge in [0.2, 0.25) is 0 Å². The zero-order valence-electron chi connectivity index (χ0n) is 11.5. The number of carboxylic acids is 1. The van der Waals surface area contributed by atoms with Gasteiger partial charge in [-0.2, -0.15) is 0 Å². The number of esters is 1. The predicted molar refractivity (Wildman–Crippen MR) is 69.9 cm³/mol. The second kappa shape index (κ2) is 6.65. The van der Waals surface area contributed by atoms with E-state index in [-0.39, 0.29) is 5.92 Å². The summed E-state index contributed by atoms with van der Waals surface area (Å²) >= 11 is 0. The Hall–Kier alpha value is -1.69. The minimum Gasteiger partial charge on any atom is -0.481 e. The van der Waals surface area contributed by atoms with Gasteiger partial charge in [0, 0.05) is 0 Å². The van der Waals surface area contributed by atoms with Gasteiger partial charge in [0.05, 0.1) is 11.8 Å². The molecule has 0 radical (unpaired) electrons. The third-order valence-electron chi connectivity index (χ3n) is 3.62. The quantitative estimate of drug-likeness (QED) is 0.556. The molecule has 1 unspecified atom stereocenters. The molecule has 2 N–H and O–H groups in total. The number of rotatable bonds is 6. The Morgan fingerprint density at radius 2 is 1.75 bits per heavy atom. The molecule has 6 heteroatoms. The van der Waals surface area contributed by atoms with E-state index in [2.05, 4.69) is 6.58 Å². The van der Waals surface area contributed by atoms with Crippen LogP contribution in [0.1, 0.15) is 32.6 Å². The van der Waals surface area contributed by atoms with E-state index in [9.17, 15) is 19.5 Å². The van der Waals surface area contributed by atoms with E-state index in [0.29, 0.717) is 25.7 Å². The number of ether oxygens (including phenoxy) is 1. The highest BCUT2D eigenvalue weighted by molar-refractivity contribution is 5.96. The number of hydrogen-bond acceptors (Lipinski definition) is 5. The molecule has 0 aromatic rings. The van der Waals surface area contributed by atoms with Crippen LogP contribution in [-0.2, 0) is 19.1 Å². The molecule has 0 aliphatic heterocycles. The van der Waals surface area contributed by atoms with Crippen LogP contribution in [0, 0.1) is 11.8 Å². The van der Waals surface area contributed by atoms with E-state index < -0.39 is 35.8 Å². The van der Waals surface area contributed by atoms with Crippen LogP contribution in [0.25, 0.3) is 0 Å². The lowest BCUT2D eigenvalue weighted by Gasteiger charge is -2.26. The third-order valence-corrected chi connectivity index (χ3v) is 3.62. The lowest BCUT2D eigenvalue weighted by Crippen LogP contribution is -2.40. The standard InChI is InChI=1S/C14H20O6/c1-3-11(15)14(2,19)8-20-13(18)10-6-4-9(5-7-10)12(16)17/h3,9-10,19H,1,4-8H2,2H3,(H,16,17). The number of ketones is 1. The summed E-state index contributed by atoms with van der Waals surface area (Å²) in [5.41, 5.74) is -1.77. The molecule has 0 aromatic heterocycles. The zero-order valence-corrected chi connectivity index (χ0v) is 11.5. The Morgan fingerprint density at radius 1 is 1.25 bits per heavy atom. The van der Waals surface area contributed by atoms with Crippen molar-refractivity contribution in [1.82, 2.24) is 0 Å². The first kappa shape index (κ1) is 16.4. The second-order valence-corrected chi connectivity index (χ2v) is 5.34. The van der Waals surface area contributed by atoms with Crippen molar-refractivity contribution in [2.75, 3.05) is 6.61 Å². The van der Waals surface area contributed by atoms with E-state index in [0.717, 1.165) is 6.08 Å². The van der Waals surface area contributed by atoms with Gasteiger partial charge in [-0.25, -0.2) is 0 Å². The van der Waals surface area contributed by atoms with Gasteiger partial charge in [0.25, 0.3) is 0 Å². The van der Waals surface area contributed by atoms with Crippen molar-refractivity contribution in [1.29, 1.82) is 0 Å². The second-order valence-electron chi connectivity index (χ2n) is 5.34. The van der Waals surface area contributed by atoms with Gasteiger partial charge < -0.3 is 14.9 Å². The minimum absolute atomic E-state index is 0.361. The fourth-order valence-corrected chi connectivity index (χ4v) is 2.20. The summed E-state index contributed by atoms with van der Waals surface area (Å²) in [5.74, 6) is -2.70. The monoisotopic (exact) mass is 284 g/mol. The van der Waals surface area contributed by atoms with Crippen molar-refractivity contribution < 1.29 is 29.3 Å². The summed E-state index contributed by atoms with van der Waals surface area (Å²) in [6, 6.07) is 0. The molecule has 0 amide bonds. The summed E-state index contributed by atoms with van der Waals surface area (Å²) in [4.78, 5) is 33.9. The van der Waals surface area contributed by atoms with Crippen molar-refractivity contribution in [3.05, 3.63) is 12.7 Å². The number of carbonyl (C=O) groups excluding carboxylic acids is 2.